The van der Waals surface area contributed by atoms with Gasteiger partial charge in [0.05, 0.1) is 5.97 Å². The monoisotopic (exact) mass is 148 g/mol. The van der Waals surface area contributed by atoms with Gasteiger partial charge in [0, 0.05) is 12.4 Å². The fourth-order valence-corrected chi connectivity index (χ4v) is 0.639. The van der Waals surface area contributed by atoms with Crippen LogP contribution in [0.3, 0.4) is 0 Å². The van der Waals surface area contributed by atoms with Gasteiger partial charge in [-0.15, -0.1) is 0 Å². The fraction of sp³-hybridized carbons (Fsp3) is 0. The summed E-state index contributed by atoms with van der Waals surface area (Å²) in [6, 6.07) is 3.42. The molecule has 0 aromatic carbocycles. The van der Waals surface area contributed by atoms with Gasteiger partial charge in [-0.25, -0.2) is 0 Å². The number of pyridine rings is 1. The molecule has 1 heterocycles. The Morgan fingerprint density at radius 1 is 1.45 bits per heavy atom. The summed E-state index contributed by atoms with van der Waals surface area (Å²) in [5, 5.41) is 9.96. The van der Waals surface area contributed by atoms with E-state index in [0.717, 1.165) is 11.6 Å². The van der Waals surface area contributed by atoms with Crippen molar-refractivity contribution in [1.82, 2.24) is 4.98 Å². The third-order valence-electron chi connectivity index (χ3n) is 1.12. The van der Waals surface area contributed by atoms with Gasteiger partial charge in [-0.05, 0) is 23.8 Å². The van der Waals surface area contributed by atoms with Gasteiger partial charge in [-0.3, -0.25) is 4.98 Å². The first-order valence-corrected chi connectivity index (χ1v) is 3.08. The minimum atomic E-state index is -1.19. The Kier molecular flexibility index (Phi) is 2.38. The van der Waals surface area contributed by atoms with Crippen LogP contribution in [-0.4, -0.2) is 11.0 Å². The Morgan fingerprint density at radius 2 is 2.09 bits per heavy atom. The molecule has 0 aliphatic carbocycles. The van der Waals surface area contributed by atoms with Crippen LogP contribution < -0.4 is 5.11 Å². The Labute approximate surface area is 64.0 Å². The number of hydrogen-bond acceptors (Lipinski definition) is 3. The van der Waals surface area contributed by atoms with E-state index in [-0.39, 0.29) is 0 Å². The summed E-state index contributed by atoms with van der Waals surface area (Å²) in [5.41, 5.74) is 0.796. The van der Waals surface area contributed by atoms with Gasteiger partial charge in [0.2, 0.25) is 0 Å². The smallest absolute Gasteiger partial charge is 0.0643 e. The first-order valence-electron chi connectivity index (χ1n) is 3.08. The average Bonchev–Trinajstić information content (AvgIpc) is 2.03. The second kappa shape index (κ2) is 3.51. The number of carboxylic acids is 1. The maximum atomic E-state index is 9.96. The van der Waals surface area contributed by atoms with Gasteiger partial charge in [0.1, 0.15) is 0 Å². The van der Waals surface area contributed by atoms with E-state index in [9.17, 15) is 9.90 Å². The predicted molar refractivity (Wildman–Crippen MR) is 38.3 cm³/mol. The molecule has 3 nitrogen and oxygen atoms in total. The molecule has 0 aliphatic heterocycles. The van der Waals surface area contributed by atoms with E-state index in [4.69, 9.17) is 0 Å². The Hall–Kier alpha value is -1.64. The molecule has 0 amide bonds. The van der Waals surface area contributed by atoms with Crippen LogP contribution in [0.2, 0.25) is 0 Å². The summed E-state index contributed by atoms with van der Waals surface area (Å²) >= 11 is 0. The normalized spacial score (nSPS) is 10.2. The minimum Gasteiger partial charge on any atom is -0.545 e. The van der Waals surface area contributed by atoms with Gasteiger partial charge in [-0.1, -0.05) is 6.08 Å². The summed E-state index contributed by atoms with van der Waals surface area (Å²) in [4.78, 5) is 13.7. The van der Waals surface area contributed by atoms with E-state index in [1.807, 2.05) is 0 Å². The van der Waals surface area contributed by atoms with Gasteiger partial charge >= 0.3 is 0 Å². The third kappa shape index (κ3) is 2.62. The van der Waals surface area contributed by atoms with Crippen molar-refractivity contribution in [2.24, 2.45) is 0 Å². The standard InChI is InChI=1S/C8H7NO2/c10-8(11)2-1-7-3-5-9-6-4-7/h1-6H,(H,10,11)/p-1/b2-1+. The number of hydrogen-bond donors (Lipinski definition) is 0. The molecule has 1 rings (SSSR count). The largest absolute Gasteiger partial charge is 0.545 e. The summed E-state index contributed by atoms with van der Waals surface area (Å²) in [6.45, 7) is 0. The van der Waals surface area contributed by atoms with Crippen LogP contribution in [0.1, 0.15) is 5.56 Å². The molecule has 11 heavy (non-hydrogen) atoms. The van der Waals surface area contributed by atoms with Crippen LogP contribution in [0, 0.1) is 0 Å². The van der Waals surface area contributed by atoms with Crippen molar-refractivity contribution < 1.29 is 9.90 Å². The topological polar surface area (TPSA) is 53.0 Å². The first kappa shape index (κ1) is 7.47. The van der Waals surface area contributed by atoms with Crippen molar-refractivity contribution in [2.75, 3.05) is 0 Å². The van der Waals surface area contributed by atoms with Gasteiger partial charge in [-0.2, -0.15) is 0 Å². The molecule has 3 heteroatoms. The zero-order chi connectivity index (χ0) is 8.10. The SMILES string of the molecule is O=C([O-])/C=C/c1ccncc1. The molecular formula is C8H6NO2-. The quantitative estimate of drug-likeness (QED) is 0.548. The van der Waals surface area contributed by atoms with Crippen molar-refractivity contribution in [1.29, 1.82) is 0 Å². The van der Waals surface area contributed by atoms with E-state index in [2.05, 4.69) is 4.98 Å². The molecule has 0 aliphatic rings. The number of rotatable bonds is 2. The highest BCUT2D eigenvalue weighted by Crippen LogP contribution is 1.97. The lowest BCUT2D eigenvalue weighted by atomic mass is 10.2. The van der Waals surface area contributed by atoms with Crippen LogP contribution >= 0.6 is 0 Å². The Balaban J connectivity index is 2.72. The summed E-state index contributed by atoms with van der Waals surface area (Å²) in [6.07, 6.45) is 5.62. The highest BCUT2D eigenvalue weighted by molar-refractivity contribution is 5.83. The Morgan fingerprint density at radius 3 is 2.64 bits per heavy atom. The molecule has 0 atom stereocenters. The minimum absolute atomic E-state index is 0.796. The molecule has 0 N–H and O–H groups in total. The van der Waals surface area contributed by atoms with Crippen molar-refractivity contribution in [3.05, 3.63) is 36.2 Å². The van der Waals surface area contributed by atoms with Crippen molar-refractivity contribution in [2.45, 2.75) is 0 Å². The summed E-state index contributed by atoms with van der Waals surface area (Å²) in [5.74, 6) is -1.19. The predicted octanol–water partition coefficient (Wildman–Crippen LogP) is -0.155. The molecule has 0 unspecified atom stereocenters. The van der Waals surface area contributed by atoms with E-state index < -0.39 is 5.97 Å². The summed E-state index contributed by atoms with van der Waals surface area (Å²) < 4.78 is 0. The molecule has 0 saturated carbocycles. The highest BCUT2D eigenvalue weighted by Gasteiger charge is 1.81. The van der Waals surface area contributed by atoms with Gasteiger partial charge < -0.3 is 9.90 Å². The lowest BCUT2D eigenvalue weighted by Gasteiger charge is -1.91. The zero-order valence-electron chi connectivity index (χ0n) is 5.73. The zero-order valence-corrected chi connectivity index (χ0v) is 5.73. The first-order chi connectivity index (χ1) is 5.29. The molecule has 56 valence electrons. The van der Waals surface area contributed by atoms with E-state index in [1.165, 1.54) is 6.08 Å². The van der Waals surface area contributed by atoms with Gasteiger partial charge in [0.15, 0.2) is 0 Å². The third-order valence-corrected chi connectivity index (χ3v) is 1.12. The molecule has 0 saturated heterocycles. The van der Waals surface area contributed by atoms with Crippen LogP contribution in [0.25, 0.3) is 6.08 Å². The fourth-order valence-electron chi connectivity index (χ4n) is 0.639. The maximum Gasteiger partial charge on any atom is 0.0643 e. The molecule has 0 spiro atoms. The lowest BCUT2D eigenvalue weighted by molar-refractivity contribution is -0.297. The summed E-state index contributed by atoms with van der Waals surface area (Å²) in [7, 11) is 0. The van der Waals surface area contributed by atoms with Crippen molar-refractivity contribution in [3.63, 3.8) is 0 Å². The van der Waals surface area contributed by atoms with Crippen molar-refractivity contribution in [3.8, 4) is 0 Å². The number of nitrogens with zero attached hydrogens (tertiary/aromatic N) is 1. The van der Waals surface area contributed by atoms with Crippen LogP contribution in [0.5, 0.6) is 0 Å². The number of carbonyl (C=O) groups is 1. The second-order valence-electron chi connectivity index (χ2n) is 1.93. The maximum absolute atomic E-state index is 9.96. The average molecular weight is 148 g/mol. The molecule has 1 aromatic rings. The second-order valence-corrected chi connectivity index (χ2v) is 1.93. The molecular weight excluding hydrogens is 142 g/mol. The van der Waals surface area contributed by atoms with Crippen LogP contribution in [-0.2, 0) is 4.79 Å². The van der Waals surface area contributed by atoms with Gasteiger partial charge in [0.25, 0.3) is 0 Å². The number of aromatic nitrogens is 1. The molecule has 0 fully saturated rings. The van der Waals surface area contributed by atoms with Crippen molar-refractivity contribution >= 4 is 12.0 Å². The molecule has 0 radical (unpaired) electrons. The Bertz CT molecular complexity index is 267. The highest BCUT2D eigenvalue weighted by atomic mass is 16.4. The number of aliphatic carboxylic acids is 1. The van der Waals surface area contributed by atoms with Crippen LogP contribution in [0.15, 0.2) is 30.6 Å². The number of carboxylic acid groups (broad SMARTS) is 1. The van der Waals surface area contributed by atoms with E-state index in [1.54, 1.807) is 24.5 Å². The van der Waals surface area contributed by atoms with Crippen LogP contribution in [0.4, 0.5) is 0 Å². The number of carbonyl (C=O) groups excluding carboxylic acids is 1. The lowest BCUT2D eigenvalue weighted by Crippen LogP contribution is -2.18. The van der Waals surface area contributed by atoms with E-state index >= 15 is 0 Å². The molecule has 1 aromatic heterocycles. The molecule has 0 bridgehead atoms. The van der Waals surface area contributed by atoms with E-state index in [0.29, 0.717) is 0 Å².